The molecule has 1 aromatic carbocycles. The Morgan fingerprint density at radius 3 is 2.56 bits per heavy atom. The number of hydrogen-bond donors (Lipinski definition) is 2. The zero-order valence-corrected chi connectivity index (χ0v) is 21.4. The first-order valence-electron chi connectivity index (χ1n) is 13.5. The van der Waals surface area contributed by atoms with Crippen LogP contribution in [0.2, 0.25) is 0 Å². The Kier molecular flexibility index (Phi) is 6.53. The van der Waals surface area contributed by atoms with Gasteiger partial charge in [-0.05, 0) is 50.7 Å². The number of hydrogen-bond acceptors (Lipinski definition) is 8. The van der Waals surface area contributed by atoms with E-state index >= 15 is 0 Å². The molecule has 1 aliphatic carbocycles. The van der Waals surface area contributed by atoms with Crippen molar-refractivity contribution in [3.63, 3.8) is 0 Å². The van der Waals surface area contributed by atoms with Crippen LogP contribution < -0.4 is 10.6 Å². The van der Waals surface area contributed by atoms with Crippen LogP contribution in [0.5, 0.6) is 0 Å². The van der Waals surface area contributed by atoms with Gasteiger partial charge in [0.25, 0.3) is 11.8 Å². The zero-order valence-electron chi connectivity index (χ0n) is 21.4. The molecule has 204 valence electrons. The molecule has 1 unspecified atom stereocenters. The maximum Gasteiger partial charge on any atom is 0.410 e. The molecule has 2 aromatic rings. The minimum atomic E-state index is -1.01. The number of nitrogens with zero attached hydrogens (tertiary/aromatic N) is 4. The first-order valence-corrected chi connectivity index (χ1v) is 13.5. The lowest BCUT2D eigenvalue weighted by Gasteiger charge is -2.34. The van der Waals surface area contributed by atoms with E-state index in [2.05, 4.69) is 15.7 Å². The quantitative estimate of drug-likeness (QED) is 0.537. The molecule has 12 nitrogen and oxygen atoms in total. The molecule has 1 aromatic heterocycles. The number of piperidine rings is 2. The summed E-state index contributed by atoms with van der Waals surface area (Å²) in [5, 5.41) is 9.98. The van der Waals surface area contributed by atoms with Gasteiger partial charge in [-0.15, -0.1) is 0 Å². The third-order valence-electron chi connectivity index (χ3n) is 8.02. The maximum absolute atomic E-state index is 13.3. The largest absolute Gasteiger partial charge is 0.446 e. The van der Waals surface area contributed by atoms with E-state index in [0.29, 0.717) is 25.3 Å². The van der Waals surface area contributed by atoms with Gasteiger partial charge in [-0.3, -0.25) is 34.1 Å². The van der Waals surface area contributed by atoms with E-state index in [1.807, 2.05) is 10.9 Å². The van der Waals surface area contributed by atoms with Gasteiger partial charge in [0, 0.05) is 43.5 Å². The summed E-state index contributed by atoms with van der Waals surface area (Å²) in [4.78, 5) is 65.2. The molecule has 0 spiro atoms. The molecule has 2 saturated heterocycles. The van der Waals surface area contributed by atoms with Crippen LogP contribution in [-0.4, -0.2) is 74.5 Å². The summed E-state index contributed by atoms with van der Waals surface area (Å²) in [6.07, 6.45) is 8.36. The van der Waals surface area contributed by atoms with Crippen molar-refractivity contribution in [1.82, 2.24) is 24.9 Å². The number of aromatic nitrogens is 2. The highest BCUT2D eigenvalue weighted by Crippen LogP contribution is 2.33. The van der Waals surface area contributed by atoms with Crippen molar-refractivity contribution in [2.75, 3.05) is 18.4 Å². The summed E-state index contributed by atoms with van der Waals surface area (Å²) < 4.78 is 7.43. The van der Waals surface area contributed by atoms with Gasteiger partial charge in [0.1, 0.15) is 12.1 Å². The molecule has 3 fully saturated rings. The number of rotatable bonds is 6. The molecule has 3 aliphatic heterocycles. The van der Waals surface area contributed by atoms with E-state index in [9.17, 15) is 24.0 Å². The molecule has 5 amide bonds. The topological polar surface area (TPSA) is 143 Å². The minimum absolute atomic E-state index is 0.0719. The van der Waals surface area contributed by atoms with Crippen LogP contribution in [-0.2, 0) is 20.9 Å². The Hall–Kier alpha value is -4.22. The van der Waals surface area contributed by atoms with E-state index in [1.54, 1.807) is 29.3 Å². The monoisotopic (exact) mass is 534 g/mol. The standard InChI is InChI=1S/C27H30N6O6/c34-22-8-7-21(24(35)30-22)33-25(36)19-5-2-6-20(23(19)26(33)37)28-13-16-14-29-32(15-16)17-9-11-31(12-10-17)27(38)39-18-3-1-4-18/h2,5-6,14-15,17-18,21,28H,1,3-4,7-13H2,(H,30,34,35). The molecule has 1 atom stereocenters. The van der Waals surface area contributed by atoms with E-state index in [4.69, 9.17) is 4.74 Å². The number of nitrogens with one attached hydrogen (secondary N) is 2. The molecule has 12 heteroatoms. The number of anilines is 1. The summed E-state index contributed by atoms with van der Waals surface area (Å²) >= 11 is 0. The molecule has 4 heterocycles. The van der Waals surface area contributed by atoms with Crippen molar-refractivity contribution >= 4 is 35.4 Å². The van der Waals surface area contributed by atoms with Gasteiger partial charge in [-0.2, -0.15) is 5.10 Å². The van der Waals surface area contributed by atoms with Gasteiger partial charge in [0.15, 0.2) is 0 Å². The van der Waals surface area contributed by atoms with Crippen molar-refractivity contribution < 1.29 is 28.7 Å². The third kappa shape index (κ3) is 4.75. The van der Waals surface area contributed by atoms with Crippen molar-refractivity contribution in [1.29, 1.82) is 0 Å². The first-order chi connectivity index (χ1) is 18.9. The van der Waals surface area contributed by atoms with Crippen LogP contribution in [0.1, 0.15) is 77.3 Å². The van der Waals surface area contributed by atoms with E-state index in [0.717, 1.165) is 42.6 Å². The van der Waals surface area contributed by atoms with Crippen LogP contribution in [0, 0.1) is 0 Å². The normalized spacial score (nSPS) is 22.0. The number of ether oxygens (including phenoxy) is 1. The smallest absolute Gasteiger partial charge is 0.410 e. The van der Waals surface area contributed by atoms with Crippen LogP contribution in [0.4, 0.5) is 10.5 Å². The zero-order chi connectivity index (χ0) is 27.1. The SMILES string of the molecule is O=C1CCC(N2C(=O)c3cccc(NCc4cnn(C5CCN(C(=O)OC6CCC6)CC5)c4)c3C2=O)C(=O)N1. The fourth-order valence-electron chi connectivity index (χ4n) is 5.55. The van der Waals surface area contributed by atoms with E-state index in [-0.39, 0.29) is 42.2 Å². The van der Waals surface area contributed by atoms with Gasteiger partial charge >= 0.3 is 6.09 Å². The van der Waals surface area contributed by atoms with Crippen molar-refractivity contribution in [3.05, 3.63) is 47.3 Å². The van der Waals surface area contributed by atoms with Crippen molar-refractivity contribution in [3.8, 4) is 0 Å². The number of fused-ring (bicyclic) bond motifs is 1. The van der Waals surface area contributed by atoms with Crippen LogP contribution >= 0.6 is 0 Å². The molecule has 0 bridgehead atoms. The Morgan fingerprint density at radius 1 is 1.05 bits per heavy atom. The molecular weight excluding hydrogens is 504 g/mol. The summed E-state index contributed by atoms with van der Waals surface area (Å²) in [7, 11) is 0. The Labute approximate surface area is 224 Å². The van der Waals surface area contributed by atoms with Gasteiger partial charge < -0.3 is 15.0 Å². The highest BCUT2D eigenvalue weighted by atomic mass is 16.6. The lowest BCUT2D eigenvalue weighted by molar-refractivity contribution is -0.136. The van der Waals surface area contributed by atoms with Gasteiger partial charge in [-0.1, -0.05) is 6.07 Å². The summed E-state index contributed by atoms with van der Waals surface area (Å²) in [6.45, 7) is 1.63. The average Bonchev–Trinajstić information content (AvgIpc) is 3.48. The summed E-state index contributed by atoms with van der Waals surface area (Å²) in [6, 6.07) is 4.15. The number of benzene rings is 1. The lowest BCUT2D eigenvalue weighted by Crippen LogP contribution is -2.54. The molecule has 6 rings (SSSR count). The minimum Gasteiger partial charge on any atom is -0.446 e. The predicted octanol–water partition coefficient (Wildman–Crippen LogP) is 2.22. The first kappa shape index (κ1) is 25.1. The number of amides is 5. The fourth-order valence-corrected chi connectivity index (χ4v) is 5.55. The van der Waals surface area contributed by atoms with Crippen LogP contribution in [0.15, 0.2) is 30.6 Å². The molecule has 1 saturated carbocycles. The van der Waals surface area contributed by atoms with Crippen LogP contribution in [0.25, 0.3) is 0 Å². The van der Waals surface area contributed by atoms with E-state index in [1.165, 1.54) is 0 Å². The molecule has 4 aliphatic rings. The number of carbonyl (C=O) groups is 5. The highest BCUT2D eigenvalue weighted by molar-refractivity contribution is 6.25. The fraction of sp³-hybridized carbons (Fsp3) is 0.481. The van der Waals surface area contributed by atoms with Gasteiger partial charge in [0.2, 0.25) is 11.8 Å². The second-order valence-corrected chi connectivity index (χ2v) is 10.5. The summed E-state index contributed by atoms with van der Waals surface area (Å²) in [5.74, 6) is -2.13. The lowest BCUT2D eigenvalue weighted by atomic mass is 9.96. The van der Waals surface area contributed by atoms with Gasteiger partial charge in [0.05, 0.1) is 23.4 Å². The van der Waals surface area contributed by atoms with E-state index < -0.39 is 29.7 Å². The predicted molar refractivity (Wildman–Crippen MR) is 137 cm³/mol. The number of likely N-dealkylation sites (tertiary alicyclic amines) is 1. The average molecular weight is 535 g/mol. The molecule has 2 N–H and O–H groups in total. The third-order valence-corrected chi connectivity index (χ3v) is 8.02. The Balaban J connectivity index is 1.07. The Bertz CT molecular complexity index is 1340. The second-order valence-electron chi connectivity index (χ2n) is 10.5. The number of carbonyl (C=O) groups excluding carboxylic acids is 5. The van der Waals surface area contributed by atoms with Crippen molar-refractivity contribution in [2.24, 2.45) is 0 Å². The molecule has 39 heavy (non-hydrogen) atoms. The number of imide groups is 2. The Morgan fingerprint density at radius 2 is 1.85 bits per heavy atom. The molecule has 0 radical (unpaired) electrons. The second kappa shape index (κ2) is 10.2. The highest BCUT2D eigenvalue weighted by Gasteiger charge is 2.45. The maximum atomic E-state index is 13.3. The van der Waals surface area contributed by atoms with Gasteiger partial charge in [-0.25, -0.2) is 4.79 Å². The van der Waals surface area contributed by atoms with Crippen LogP contribution in [0.3, 0.4) is 0 Å². The molecular formula is C27H30N6O6. The summed E-state index contributed by atoms with van der Waals surface area (Å²) in [5.41, 5.74) is 1.85. The van der Waals surface area contributed by atoms with Crippen molar-refractivity contribution in [2.45, 2.75) is 69.7 Å².